The van der Waals surface area contributed by atoms with Gasteiger partial charge < -0.3 is 5.11 Å². The highest BCUT2D eigenvalue weighted by molar-refractivity contribution is 7.89. The fourth-order valence-corrected chi connectivity index (χ4v) is 4.57. The van der Waals surface area contributed by atoms with Crippen LogP contribution in [-0.4, -0.2) is 35.8 Å². The quantitative estimate of drug-likeness (QED) is 0.850. The van der Waals surface area contributed by atoms with Gasteiger partial charge in [-0.2, -0.15) is 0 Å². The van der Waals surface area contributed by atoms with Crippen molar-refractivity contribution in [2.45, 2.75) is 18.7 Å². The van der Waals surface area contributed by atoms with Gasteiger partial charge in [0.1, 0.15) is 0 Å². The number of aliphatic hydroxyl groups is 1. The standard InChI is InChI=1S/C15H15N3O4S2/c1-8-9(2)23-15(16-8)17-14(20)12-13(19)10-6-4-5-7-11(10)24(21,22)18(12)3/h4-7,19H,1-3H3,(H,16,17,20). The molecule has 7 nitrogen and oxygen atoms in total. The summed E-state index contributed by atoms with van der Waals surface area (Å²) in [5.41, 5.74) is 0.551. The number of aliphatic hydroxyl groups excluding tert-OH is 1. The number of aryl methyl sites for hydroxylation is 2. The van der Waals surface area contributed by atoms with Gasteiger partial charge >= 0.3 is 0 Å². The summed E-state index contributed by atoms with van der Waals surface area (Å²) in [6.07, 6.45) is 0. The van der Waals surface area contributed by atoms with Crippen molar-refractivity contribution in [3.8, 4) is 0 Å². The number of rotatable bonds is 2. The highest BCUT2D eigenvalue weighted by Gasteiger charge is 2.37. The Morgan fingerprint density at radius 3 is 2.58 bits per heavy atom. The van der Waals surface area contributed by atoms with Gasteiger partial charge in [-0.15, -0.1) is 11.3 Å². The van der Waals surface area contributed by atoms with Crippen LogP contribution in [0.4, 0.5) is 5.13 Å². The molecule has 1 aliphatic rings. The monoisotopic (exact) mass is 365 g/mol. The van der Waals surface area contributed by atoms with E-state index in [2.05, 4.69) is 10.3 Å². The third-order valence-electron chi connectivity index (χ3n) is 3.78. The van der Waals surface area contributed by atoms with Crippen LogP contribution in [0.1, 0.15) is 16.1 Å². The third-order valence-corrected chi connectivity index (χ3v) is 6.59. The maximum Gasteiger partial charge on any atom is 0.278 e. The van der Waals surface area contributed by atoms with Crippen molar-refractivity contribution in [2.24, 2.45) is 0 Å². The number of nitrogens with one attached hydrogen (secondary N) is 1. The van der Waals surface area contributed by atoms with E-state index in [1.807, 2.05) is 13.8 Å². The van der Waals surface area contributed by atoms with Crippen molar-refractivity contribution in [2.75, 3.05) is 12.4 Å². The van der Waals surface area contributed by atoms with Crippen LogP contribution >= 0.6 is 11.3 Å². The number of hydrogen-bond acceptors (Lipinski definition) is 6. The summed E-state index contributed by atoms with van der Waals surface area (Å²) in [6, 6.07) is 6.00. The first-order valence-electron chi connectivity index (χ1n) is 7.00. The maximum atomic E-state index is 12.6. The minimum absolute atomic E-state index is 0.0394. The highest BCUT2D eigenvalue weighted by atomic mass is 32.2. The molecule has 1 amide bonds. The van der Waals surface area contributed by atoms with Gasteiger partial charge in [-0.3, -0.25) is 14.4 Å². The summed E-state index contributed by atoms with van der Waals surface area (Å²) in [4.78, 5) is 17.6. The summed E-state index contributed by atoms with van der Waals surface area (Å²) in [7, 11) is -2.67. The van der Waals surface area contributed by atoms with Crippen molar-refractivity contribution in [1.82, 2.24) is 9.29 Å². The van der Waals surface area contributed by atoms with E-state index in [-0.39, 0.29) is 21.9 Å². The zero-order valence-electron chi connectivity index (χ0n) is 13.2. The van der Waals surface area contributed by atoms with Crippen molar-refractivity contribution in [3.63, 3.8) is 0 Å². The van der Waals surface area contributed by atoms with Crippen LogP contribution in [0.2, 0.25) is 0 Å². The Morgan fingerprint density at radius 1 is 1.29 bits per heavy atom. The number of fused-ring (bicyclic) bond motifs is 1. The van der Waals surface area contributed by atoms with E-state index in [0.717, 1.165) is 14.9 Å². The minimum Gasteiger partial charge on any atom is -0.505 e. The number of thiazole rings is 1. The molecular weight excluding hydrogens is 350 g/mol. The average molecular weight is 365 g/mol. The molecule has 1 aromatic carbocycles. The predicted octanol–water partition coefficient (Wildman–Crippen LogP) is 2.26. The molecule has 1 aliphatic heterocycles. The first-order valence-corrected chi connectivity index (χ1v) is 9.26. The Hall–Kier alpha value is -2.39. The SMILES string of the molecule is Cc1nc(NC(=O)C2=C(O)c3ccccc3S(=O)(=O)N2C)sc1C. The first-order chi connectivity index (χ1) is 11.2. The maximum absolute atomic E-state index is 12.6. The minimum atomic E-state index is -3.91. The van der Waals surface area contributed by atoms with Crippen LogP contribution in [0.15, 0.2) is 34.9 Å². The zero-order chi connectivity index (χ0) is 17.6. The van der Waals surface area contributed by atoms with Crippen LogP contribution < -0.4 is 5.32 Å². The van der Waals surface area contributed by atoms with Crippen LogP contribution in [-0.2, 0) is 14.8 Å². The summed E-state index contributed by atoms with van der Waals surface area (Å²) in [5, 5.41) is 13.3. The molecule has 0 aliphatic carbocycles. The molecule has 0 fully saturated rings. The van der Waals surface area contributed by atoms with E-state index in [0.29, 0.717) is 5.13 Å². The van der Waals surface area contributed by atoms with Crippen LogP contribution in [0.5, 0.6) is 0 Å². The third kappa shape index (κ3) is 2.45. The van der Waals surface area contributed by atoms with Gasteiger partial charge in [-0.25, -0.2) is 13.4 Å². The number of anilines is 1. The van der Waals surface area contributed by atoms with Crippen molar-refractivity contribution in [3.05, 3.63) is 46.1 Å². The molecule has 0 saturated heterocycles. The number of carbonyl (C=O) groups is 1. The number of benzene rings is 1. The molecule has 2 N–H and O–H groups in total. The van der Waals surface area contributed by atoms with Crippen molar-refractivity contribution < 1.29 is 18.3 Å². The number of nitrogens with zero attached hydrogens (tertiary/aromatic N) is 2. The van der Waals surface area contributed by atoms with E-state index < -0.39 is 15.9 Å². The predicted molar refractivity (Wildman–Crippen MR) is 91.2 cm³/mol. The molecule has 0 saturated carbocycles. The van der Waals surface area contributed by atoms with E-state index in [1.54, 1.807) is 12.1 Å². The fraction of sp³-hybridized carbons (Fsp3) is 0.200. The average Bonchev–Trinajstić information content (AvgIpc) is 2.84. The molecule has 126 valence electrons. The number of aromatic nitrogens is 1. The largest absolute Gasteiger partial charge is 0.505 e. The molecule has 2 aromatic rings. The Morgan fingerprint density at radius 2 is 1.96 bits per heavy atom. The molecule has 0 radical (unpaired) electrons. The topological polar surface area (TPSA) is 99.6 Å². The van der Waals surface area contributed by atoms with Crippen molar-refractivity contribution in [1.29, 1.82) is 0 Å². The van der Waals surface area contributed by atoms with E-state index in [1.165, 1.54) is 30.5 Å². The Labute approximate surface area is 143 Å². The second-order valence-corrected chi connectivity index (χ2v) is 8.42. The molecule has 0 atom stereocenters. The van der Waals surface area contributed by atoms with Gasteiger partial charge in [0.25, 0.3) is 15.9 Å². The molecule has 24 heavy (non-hydrogen) atoms. The van der Waals surface area contributed by atoms with Gasteiger partial charge in [0.2, 0.25) is 0 Å². The molecule has 0 bridgehead atoms. The normalized spacial score (nSPS) is 16.0. The van der Waals surface area contributed by atoms with Crippen molar-refractivity contribution >= 4 is 38.2 Å². The lowest BCUT2D eigenvalue weighted by atomic mass is 10.1. The second kappa shape index (κ2) is 5.60. The van der Waals surface area contributed by atoms with Crippen LogP contribution in [0.25, 0.3) is 5.76 Å². The smallest absolute Gasteiger partial charge is 0.278 e. The fourth-order valence-electron chi connectivity index (χ4n) is 2.36. The molecule has 0 spiro atoms. The zero-order valence-corrected chi connectivity index (χ0v) is 14.8. The van der Waals surface area contributed by atoms with Gasteiger partial charge in [-0.05, 0) is 26.0 Å². The molecule has 0 unspecified atom stereocenters. The second-order valence-electron chi connectivity index (χ2n) is 5.28. The number of carbonyl (C=O) groups excluding carboxylic acids is 1. The summed E-state index contributed by atoms with van der Waals surface area (Å²) < 4.78 is 25.9. The van der Waals surface area contributed by atoms with E-state index >= 15 is 0 Å². The van der Waals surface area contributed by atoms with E-state index in [4.69, 9.17) is 0 Å². The van der Waals surface area contributed by atoms with Gasteiger partial charge in [0, 0.05) is 17.5 Å². The molecule has 1 aromatic heterocycles. The number of likely N-dealkylation sites (N-methyl/N-ethyl adjacent to an activating group) is 1. The highest BCUT2D eigenvalue weighted by Crippen LogP contribution is 2.35. The molecule has 2 heterocycles. The Balaban J connectivity index is 2.07. The lowest BCUT2D eigenvalue weighted by molar-refractivity contribution is -0.113. The van der Waals surface area contributed by atoms with Crippen LogP contribution in [0.3, 0.4) is 0 Å². The summed E-state index contributed by atoms with van der Waals surface area (Å²) in [5.74, 6) is -1.12. The Bertz CT molecular complexity index is 957. The molecule has 9 heteroatoms. The van der Waals surface area contributed by atoms with Crippen LogP contribution in [0, 0.1) is 13.8 Å². The van der Waals surface area contributed by atoms with Gasteiger partial charge in [0.15, 0.2) is 16.6 Å². The first kappa shape index (κ1) is 16.5. The number of amides is 1. The lowest BCUT2D eigenvalue weighted by Gasteiger charge is -2.28. The molecule has 3 rings (SSSR count). The Kier molecular flexibility index (Phi) is 3.84. The number of hydrogen-bond donors (Lipinski definition) is 2. The molecular formula is C15H15N3O4S2. The van der Waals surface area contributed by atoms with Gasteiger partial charge in [0.05, 0.1) is 10.6 Å². The van der Waals surface area contributed by atoms with E-state index in [9.17, 15) is 18.3 Å². The van der Waals surface area contributed by atoms with Gasteiger partial charge in [-0.1, -0.05) is 12.1 Å². The summed E-state index contributed by atoms with van der Waals surface area (Å²) >= 11 is 1.28. The number of sulfonamides is 1. The summed E-state index contributed by atoms with van der Waals surface area (Å²) in [6.45, 7) is 3.68. The lowest BCUT2D eigenvalue weighted by Crippen LogP contribution is -2.37.